The lowest BCUT2D eigenvalue weighted by atomic mass is 10.0. The lowest BCUT2D eigenvalue weighted by Gasteiger charge is -2.30. The van der Waals surface area contributed by atoms with Crippen LogP contribution in [0, 0.1) is 10.1 Å². The van der Waals surface area contributed by atoms with Gasteiger partial charge in [0, 0.05) is 42.6 Å². The molecule has 0 saturated heterocycles. The molecule has 4 rings (SSSR count). The van der Waals surface area contributed by atoms with Crippen LogP contribution in [-0.2, 0) is 54.5 Å². The number of rotatable bonds is 10. The average Bonchev–Trinajstić information content (AvgIpc) is 3.45. The molecular formula is C42H53N7O13. The number of aromatic nitrogens is 2. The van der Waals surface area contributed by atoms with Crippen LogP contribution in [0.1, 0.15) is 102 Å². The number of amides is 5. The van der Waals surface area contributed by atoms with Crippen LogP contribution in [0.4, 0.5) is 20.1 Å². The summed E-state index contributed by atoms with van der Waals surface area (Å²) in [6, 6.07) is 9.50. The van der Waals surface area contributed by atoms with Gasteiger partial charge in [-0.1, -0.05) is 24.3 Å². The van der Waals surface area contributed by atoms with E-state index >= 15 is 0 Å². The molecule has 1 aliphatic rings. The number of nitrogens with zero attached hydrogens (tertiary/aromatic N) is 6. The summed E-state index contributed by atoms with van der Waals surface area (Å²) >= 11 is 0. The second-order valence-electron chi connectivity index (χ2n) is 17.2. The number of nitro benzene ring substituents is 1. The number of ether oxygens (including phenoxy) is 4. The molecule has 0 fully saturated rings. The number of fused-ring (bicyclic) bond motifs is 1. The molecule has 62 heavy (non-hydrogen) atoms. The van der Waals surface area contributed by atoms with Gasteiger partial charge in [0.15, 0.2) is 5.84 Å². The first-order valence-electron chi connectivity index (χ1n) is 19.7. The fourth-order valence-electron chi connectivity index (χ4n) is 5.94. The topological polar surface area (TPSA) is 251 Å². The molecule has 20 nitrogen and oxygen atoms in total. The Morgan fingerprint density at radius 2 is 1.42 bits per heavy atom. The molecule has 0 saturated carbocycles. The number of esters is 1. The quantitative estimate of drug-likeness (QED) is 0.0607. The van der Waals surface area contributed by atoms with Crippen molar-refractivity contribution in [1.29, 1.82) is 0 Å². The Hall–Kier alpha value is -6.86. The number of non-ortho nitro benzene ring substituents is 1. The minimum atomic E-state index is -1.24. The second-order valence-corrected chi connectivity index (χ2v) is 17.2. The summed E-state index contributed by atoms with van der Waals surface area (Å²) in [7, 11) is 0. The Labute approximate surface area is 358 Å². The van der Waals surface area contributed by atoms with E-state index in [1.54, 1.807) is 69.2 Å². The van der Waals surface area contributed by atoms with Crippen molar-refractivity contribution in [2.24, 2.45) is 4.99 Å². The van der Waals surface area contributed by atoms with Crippen LogP contribution in [0.5, 0.6) is 5.88 Å². The van der Waals surface area contributed by atoms with E-state index in [1.807, 2.05) is 0 Å². The average molecular weight is 864 g/mol. The molecule has 0 spiro atoms. The summed E-state index contributed by atoms with van der Waals surface area (Å²) in [6.07, 6.45) is -3.45. The number of aromatic hydroxyl groups is 1. The molecule has 2 heterocycles. The van der Waals surface area contributed by atoms with Crippen LogP contribution in [0.3, 0.4) is 0 Å². The van der Waals surface area contributed by atoms with Gasteiger partial charge in [-0.2, -0.15) is 15.0 Å². The van der Waals surface area contributed by atoms with Crippen molar-refractivity contribution in [3.05, 3.63) is 86.6 Å². The van der Waals surface area contributed by atoms with Crippen molar-refractivity contribution < 1.29 is 57.7 Å². The van der Waals surface area contributed by atoms with Crippen molar-refractivity contribution in [2.75, 3.05) is 13.2 Å². The third kappa shape index (κ3) is 13.3. The first-order chi connectivity index (χ1) is 28.7. The third-order valence-electron chi connectivity index (χ3n) is 8.52. The predicted molar refractivity (Wildman–Crippen MR) is 221 cm³/mol. The maximum Gasteiger partial charge on any atom is 0.436 e. The Morgan fingerprint density at radius 1 is 0.871 bits per heavy atom. The van der Waals surface area contributed by atoms with E-state index in [-0.39, 0.29) is 61.8 Å². The molecule has 1 aliphatic heterocycles. The van der Waals surface area contributed by atoms with Crippen LogP contribution in [0.2, 0.25) is 0 Å². The molecule has 0 bridgehead atoms. The predicted octanol–water partition coefficient (Wildman–Crippen LogP) is 5.84. The smallest absolute Gasteiger partial charge is 0.436 e. The van der Waals surface area contributed by atoms with Crippen molar-refractivity contribution in [3.8, 4) is 5.88 Å². The molecule has 2 N–H and O–H groups in total. The molecule has 1 aromatic heterocycles. The van der Waals surface area contributed by atoms with Gasteiger partial charge < -0.3 is 34.3 Å². The first-order valence-corrected chi connectivity index (χ1v) is 19.7. The number of benzene rings is 2. The van der Waals surface area contributed by atoms with E-state index in [1.165, 1.54) is 53.4 Å². The van der Waals surface area contributed by atoms with Crippen molar-refractivity contribution in [3.63, 3.8) is 0 Å². The lowest BCUT2D eigenvalue weighted by molar-refractivity contribution is -0.384. The highest BCUT2D eigenvalue weighted by molar-refractivity contribution is 6.18. The molecule has 1 atom stereocenters. The van der Waals surface area contributed by atoms with Gasteiger partial charge in [0.2, 0.25) is 11.8 Å². The van der Waals surface area contributed by atoms with Gasteiger partial charge in [0.05, 0.1) is 29.3 Å². The van der Waals surface area contributed by atoms with Gasteiger partial charge in [-0.25, -0.2) is 19.1 Å². The van der Waals surface area contributed by atoms with Crippen LogP contribution >= 0.6 is 0 Å². The van der Waals surface area contributed by atoms with E-state index in [4.69, 9.17) is 18.9 Å². The zero-order valence-corrected chi connectivity index (χ0v) is 36.5. The van der Waals surface area contributed by atoms with Gasteiger partial charge in [-0.3, -0.25) is 24.5 Å². The van der Waals surface area contributed by atoms with E-state index in [0.717, 1.165) is 4.68 Å². The highest BCUT2D eigenvalue weighted by atomic mass is 16.6. The van der Waals surface area contributed by atoms with E-state index in [9.17, 15) is 44.0 Å². The molecule has 2 aromatic carbocycles. The van der Waals surface area contributed by atoms with Crippen molar-refractivity contribution in [1.82, 2.24) is 24.9 Å². The van der Waals surface area contributed by atoms with Gasteiger partial charge in [-0.15, -0.1) is 0 Å². The molecular weight excluding hydrogens is 810 g/mol. The highest BCUT2D eigenvalue weighted by Gasteiger charge is 2.37. The lowest BCUT2D eigenvalue weighted by Crippen LogP contribution is -2.50. The maximum absolute atomic E-state index is 14.2. The van der Waals surface area contributed by atoms with Gasteiger partial charge >= 0.3 is 24.2 Å². The highest BCUT2D eigenvalue weighted by Crippen LogP contribution is 2.28. The van der Waals surface area contributed by atoms with Crippen LogP contribution in [0.15, 0.2) is 53.5 Å². The summed E-state index contributed by atoms with van der Waals surface area (Å²) in [5, 5.41) is 29.3. The summed E-state index contributed by atoms with van der Waals surface area (Å²) in [4.78, 5) is 97.2. The van der Waals surface area contributed by atoms with E-state index < -0.39 is 69.7 Å². The Bertz CT molecular complexity index is 2180. The number of nitro groups is 1. The number of hydrogen-bond acceptors (Lipinski definition) is 14. The van der Waals surface area contributed by atoms with Crippen LogP contribution in [-0.4, -0.2) is 108 Å². The molecule has 0 unspecified atom stereocenters. The monoisotopic (exact) mass is 863 g/mol. The molecule has 0 aliphatic carbocycles. The number of carbonyl (C=O) groups excluding carboxylic acids is 6. The van der Waals surface area contributed by atoms with Crippen molar-refractivity contribution in [2.45, 2.75) is 118 Å². The largest absolute Gasteiger partial charge is 0.493 e. The molecule has 0 radical (unpaired) electrons. The maximum atomic E-state index is 14.2. The number of aliphatic imine (C=N–C) groups is 1. The number of amidine groups is 1. The Morgan fingerprint density at radius 3 is 1.94 bits per heavy atom. The molecule has 20 heteroatoms. The van der Waals surface area contributed by atoms with Crippen LogP contribution < -0.4 is 5.32 Å². The third-order valence-corrected chi connectivity index (χ3v) is 8.52. The summed E-state index contributed by atoms with van der Waals surface area (Å²) in [6.45, 7) is 15.7. The van der Waals surface area contributed by atoms with E-state index in [0.29, 0.717) is 21.7 Å². The number of carbonyl (C=O) groups is 6. The zero-order chi connectivity index (χ0) is 46.3. The minimum Gasteiger partial charge on any atom is -0.493 e. The molecule has 3 aromatic rings. The summed E-state index contributed by atoms with van der Waals surface area (Å²) in [5.41, 5.74) is -2.09. The molecule has 334 valence electrons. The van der Waals surface area contributed by atoms with Gasteiger partial charge in [-0.05, 0) is 86.9 Å². The zero-order valence-electron chi connectivity index (χ0n) is 36.5. The standard InChI is InChI=1S/C42H53N7O13/c1-11-59-32(50)24-47-35(52)29-23-46(21-20-30(29)45-47)36(53)31(22-25-12-18-28(19-13-25)49(57)58)43-34(51)27-16-14-26(15-17-27)33(44-37(54)60-40(2,3)4)48(38(55)61-41(5,6)7)39(56)62-42(8,9)10/h12-19,31,52H,11,20-24H2,1-10H3,(H,43,51)/t31-/m0/s1. The normalized spacial score (nSPS) is 13.6. The summed E-state index contributed by atoms with van der Waals surface area (Å²) < 4.78 is 22.4. The van der Waals surface area contributed by atoms with Crippen molar-refractivity contribution >= 4 is 47.6 Å². The summed E-state index contributed by atoms with van der Waals surface area (Å²) in [5.74, 6) is -2.73. The fraction of sp³-hybridized carbons (Fsp3) is 0.476. The Balaban J connectivity index is 1.69. The SMILES string of the molecule is CCOC(=O)Cn1nc2c(c1O)CN(C(=O)[C@H](Cc1ccc([N+](=O)[O-])cc1)NC(=O)c1ccc(C(=NC(=O)OC(C)(C)C)N(C(=O)OC(C)(C)C)C(=O)OC(C)(C)C)cc1)CC2. The van der Waals surface area contributed by atoms with E-state index in [2.05, 4.69) is 15.4 Å². The minimum absolute atomic E-state index is 0.00457. The van der Waals surface area contributed by atoms with Gasteiger partial charge in [0.1, 0.15) is 29.4 Å². The van der Waals surface area contributed by atoms with Crippen LogP contribution in [0.25, 0.3) is 0 Å². The number of imide groups is 1. The second kappa shape index (κ2) is 19.2. The number of nitrogens with one attached hydrogen (secondary N) is 1. The Kier molecular flexibility index (Phi) is 14.8. The number of hydrogen-bond donors (Lipinski definition) is 2. The fourth-order valence-corrected chi connectivity index (χ4v) is 5.94. The van der Waals surface area contributed by atoms with Gasteiger partial charge in [0.25, 0.3) is 11.6 Å². The molecule has 5 amide bonds. The first kappa shape index (κ1) is 47.8.